The molecule has 100 valence electrons. The van der Waals surface area contributed by atoms with Crippen LogP contribution in [-0.4, -0.2) is 4.98 Å². The van der Waals surface area contributed by atoms with Gasteiger partial charge in [-0.1, -0.05) is 50.2 Å². The van der Waals surface area contributed by atoms with Crippen molar-refractivity contribution in [2.45, 2.75) is 19.8 Å². The van der Waals surface area contributed by atoms with Crippen molar-refractivity contribution in [3.63, 3.8) is 0 Å². The second kappa shape index (κ2) is 5.33. The van der Waals surface area contributed by atoms with Crippen molar-refractivity contribution < 1.29 is 4.74 Å². The second-order valence-electron chi connectivity index (χ2n) is 5.16. The monoisotopic (exact) mass is 263 g/mol. The van der Waals surface area contributed by atoms with E-state index in [-0.39, 0.29) is 0 Å². The molecule has 0 bridgehead atoms. The number of hydrogen-bond acceptors (Lipinski definition) is 2. The van der Waals surface area contributed by atoms with Crippen molar-refractivity contribution in [3.8, 4) is 11.6 Å². The molecule has 0 amide bonds. The predicted octanol–water partition coefficient (Wildman–Crippen LogP) is 5.15. The Morgan fingerprint density at radius 1 is 0.950 bits per heavy atom. The first-order valence-corrected chi connectivity index (χ1v) is 6.85. The van der Waals surface area contributed by atoms with Gasteiger partial charge in [0.05, 0.1) is 0 Å². The molecule has 0 atom stereocenters. The smallest absolute Gasteiger partial charge is 0.219 e. The van der Waals surface area contributed by atoms with Gasteiger partial charge in [-0.15, -0.1) is 0 Å². The molecule has 0 saturated carbocycles. The van der Waals surface area contributed by atoms with Crippen LogP contribution in [0.5, 0.6) is 11.6 Å². The number of aromatic nitrogens is 1. The Morgan fingerprint density at radius 2 is 1.75 bits per heavy atom. The summed E-state index contributed by atoms with van der Waals surface area (Å²) in [5.41, 5.74) is 1.32. The van der Waals surface area contributed by atoms with Gasteiger partial charge in [0.1, 0.15) is 5.75 Å². The Labute approximate surface area is 119 Å². The zero-order valence-electron chi connectivity index (χ0n) is 11.7. The molecular formula is C18H17NO. The van der Waals surface area contributed by atoms with Crippen molar-refractivity contribution in [1.82, 2.24) is 4.98 Å². The molecule has 2 nitrogen and oxygen atoms in total. The van der Waals surface area contributed by atoms with Crippen LogP contribution >= 0.6 is 0 Å². The van der Waals surface area contributed by atoms with Crippen LogP contribution in [0.2, 0.25) is 0 Å². The minimum Gasteiger partial charge on any atom is -0.439 e. The van der Waals surface area contributed by atoms with Gasteiger partial charge in [0.15, 0.2) is 0 Å². The van der Waals surface area contributed by atoms with Crippen LogP contribution in [-0.2, 0) is 0 Å². The maximum Gasteiger partial charge on any atom is 0.219 e. The average Bonchev–Trinajstić information content (AvgIpc) is 2.47. The summed E-state index contributed by atoms with van der Waals surface area (Å²) >= 11 is 0. The van der Waals surface area contributed by atoms with Gasteiger partial charge in [0.2, 0.25) is 5.88 Å². The Balaban J connectivity index is 1.99. The molecule has 3 rings (SSSR count). The van der Waals surface area contributed by atoms with Crippen LogP contribution < -0.4 is 4.74 Å². The van der Waals surface area contributed by atoms with E-state index in [2.05, 4.69) is 37.0 Å². The fourth-order valence-corrected chi connectivity index (χ4v) is 2.34. The summed E-state index contributed by atoms with van der Waals surface area (Å²) < 4.78 is 5.78. The first-order valence-electron chi connectivity index (χ1n) is 6.85. The van der Waals surface area contributed by atoms with Crippen LogP contribution in [0.25, 0.3) is 10.8 Å². The molecule has 0 aliphatic carbocycles. The summed E-state index contributed by atoms with van der Waals surface area (Å²) in [4.78, 5) is 4.42. The molecule has 0 spiro atoms. The number of para-hydroxylation sites is 1. The number of nitrogens with zero attached hydrogens (tertiary/aromatic N) is 1. The highest BCUT2D eigenvalue weighted by atomic mass is 16.5. The first kappa shape index (κ1) is 12.7. The number of ether oxygens (including phenoxy) is 1. The summed E-state index contributed by atoms with van der Waals surface area (Å²) in [6.45, 7) is 4.40. The Hall–Kier alpha value is -2.35. The number of benzene rings is 2. The average molecular weight is 263 g/mol. The summed E-state index contributed by atoms with van der Waals surface area (Å²) in [7, 11) is 0. The van der Waals surface area contributed by atoms with Gasteiger partial charge in [0, 0.05) is 17.6 Å². The van der Waals surface area contributed by atoms with Gasteiger partial charge in [-0.3, -0.25) is 0 Å². The topological polar surface area (TPSA) is 22.1 Å². The number of rotatable bonds is 3. The van der Waals surface area contributed by atoms with Crippen LogP contribution in [0, 0.1) is 0 Å². The minimum absolute atomic E-state index is 0.487. The van der Waals surface area contributed by atoms with Gasteiger partial charge in [-0.05, 0) is 29.0 Å². The third-order valence-corrected chi connectivity index (χ3v) is 3.36. The molecule has 3 aromatic rings. The lowest BCUT2D eigenvalue weighted by Crippen LogP contribution is -1.92. The summed E-state index contributed by atoms with van der Waals surface area (Å²) in [5.74, 6) is 1.92. The van der Waals surface area contributed by atoms with E-state index in [1.807, 2.05) is 42.6 Å². The molecule has 20 heavy (non-hydrogen) atoms. The minimum atomic E-state index is 0.487. The molecule has 1 aromatic heterocycles. The third-order valence-electron chi connectivity index (χ3n) is 3.36. The van der Waals surface area contributed by atoms with Gasteiger partial charge >= 0.3 is 0 Å². The van der Waals surface area contributed by atoms with E-state index in [1.165, 1.54) is 10.9 Å². The van der Waals surface area contributed by atoms with Crippen molar-refractivity contribution in [1.29, 1.82) is 0 Å². The largest absolute Gasteiger partial charge is 0.439 e. The van der Waals surface area contributed by atoms with E-state index in [4.69, 9.17) is 4.74 Å². The molecule has 0 aliphatic heterocycles. The van der Waals surface area contributed by atoms with E-state index >= 15 is 0 Å². The lowest BCUT2D eigenvalue weighted by atomic mass is 9.97. The van der Waals surface area contributed by atoms with E-state index in [0.717, 1.165) is 11.1 Å². The molecule has 0 saturated heterocycles. The van der Waals surface area contributed by atoms with Crippen molar-refractivity contribution in [2.24, 2.45) is 0 Å². The van der Waals surface area contributed by atoms with Crippen molar-refractivity contribution >= 4 is 10.8 Å². The molecular weight excluding hydrogens is 246 g/mol. The predicted molar refractivity (Wildman–Crippen MR) is 82.3 cm³/mol. The quantitative estimate of drug-likeness (QED) is 0.652. The zero-order chi connectivity index (χ0) is 13.9. The van der Waals surface area contributed by atoms with E-state index in [9.17, 15) is 0 Å². The highest BCUT2D eigenvalue weighted by Crippen LogP contribution is 2.28. The van der Waals surface area contributed by atoms with E-state index in [1.54, 1.807) is 0 Å². The summed E-state index contributed by atoms with van der Waals surface area (Å²) in [6, 6.07) is 18.1. The lowest BCUT2D eigenvalue weighted by Gasteiger charge is -2.11. The number of hydrogen-bond donors (Lipinski definition) is 0. The van der Waals surface area contributed by atoms with Gasteiger partial charge in [0.25, 0.3) is 0 Å². The zero-order valence-corrected chi connectivity index (χ0v) is 11.7. The normalized spacial score (nSPS) is 10.9. The van der Waals surface area contributed by atoms with Crippen molar-refractivity contribution in [2.75, 3.05) is 0 Å². The Bertz CT molecular complexity index is 720. The Kier molecular flexibility index (Phi) is 3.38. The van der Waals surface area contributed by atoms with E-state index < -0.39 is 0 Å². The molecule has 2 heteroatoms. The molecule has 0 unspecified atom stereocenters. The van der Waals surface area contributed by atoms with Gasteiger partial charge in [-0.2, -0.15) is 0 Å². The Morgan fingerprint density at radius 3 is 2.50 bits per heavy atom. The molecule has 0 fully saturated rings. The third kappa shape index (κ3) is 2.50. The van der Waals surface area contributed by atoms with Crippen LogP contribution in [0.4, 0.5) is 0 Å². The fourth-order valence-electron chi connectivity index (χ4n) is 2.34. The van der Waals surface area contributed by atoms with Gasteiger partial charge in [-0.25, -0.2) is 4.98 Å². The maximum atomic E-state index is 5.78. The van der Waals surface area contributed by atoms with Crippen LogP contribution in [0.3, 0.4) is 0 Å². The molecule has 0 aliphatic rings. The van der Waals surface area contributed by atoms with E-state index in [0.29, 0.717) is 11.8 Å². The fraction of sp³-hybridized carbons (Fsp3) is 0.167. The van der Waals surface area contributed by atoms with Crippen LogP contribution in [0.1, 0.15) is 25.3 Å². The first-order chi connectivity index (χ1) is 9.74. The molecule has 2 aromatic carbocycles. The van der Waals surface area contributed by atoms with Crippen molar-refractivity contribution in [3.05, 3.63) is 66.4 Å². The summed E-state index contributed by atoms with van der Waals surface area (Å²) in [5, 5.41) is 2.36. The summed E-state index contributed by atoms with van der Waals surface area (Å²) in [6.07, 6.45) is 1.91. The van der Waals surface area contributed by atoms with Gasteiger partial charge < -0.3 is 4.74 Å². The maximum absolute atomic E-state index is 5.78. The highest BCUT2D eigenvalue weighted by Gasteiger charge is 2.07. The second-order valence-corrected chi connectivity index (χ2v) is 5.16. The standard InChI is InChI=1S/C18H17NO/c1-13(2)16-10-6-7-14-11-18(19-12-17(14)16)20-15-8-4-3-5-9-15/h3-13H,1-2H3. The lowest BCUT2D eigenvalue weighted by molar-refractivity contribution is 0.464. The van der Waals surface area contributed by atoms with Crippen LogP contribution in [0.15, 0.2) is 60.8 Å². The molecule has 1 heterocycles. The SMILES string of the molecule is CC(C)c1cccc2cc(Oc3ccccc3)ncc12. The molecule has 0 radical (unpaired) electrons. The number of fused-ring (bicyclic) bond motifs is 1. The molecule has 0 N–H and O–H groups in total. The number of pyridine rings is 1. The highest BCUT2D eigenvalue weighted by molar-refractivity contribution is 5.86.